The van der Waals surface area contributed by atoms with Crippen LogP contribution in [0.4, 0.5) is 8.78 Å². The molecule has 1 fully saturated rings. The second-order valence-corrected chi connectivity index (χ2v) is 5.37. The SMILES string of the molecule is CCN1CCN(CCC(N)c2cc(F)cc(F)c2)CC1. The number of likely N-dealkylation sites (N-methyl/N-ethyl adjacent to an activating group) is 1. The first-order valence-corrected chi connectivity index (χ1v) is 7.24. The second-order valence-electron chi connectivity index (χ2n) is 5.37. The van der Waals surface area contributed by atoms with E-state index in [0.29, 0.717) is 5.56 Å². The number of hydrogen-bond donors (Lipinski definition) is 1. The maximum atomic E-state index is 13.2. The standard InChI is InChI=1S/C15H23F2N3/c1-2-19-5-7-20(8-6-19)4-3-15(18)12-9-13(16)11-14(17)10-12/h9-11,15H,2-8,18H2,1H3. The van der Waals surface area contributed by atoms with Crippen molar-refractivity contribution in [2.24, 2.45) is 5.73 Å². The highest BCUT2D eigenvalue weighted by molar-refractivity contribution is 5.21. The van der Waals surface area contributed by atoms with E-state index in [0.717, 1.165) is 51.8 Å². The summed E-state index contributed by atoms with van der Waals surface area (Å²) in [5.41, 5.74) is 6.57. The number of piperazine rings is 1. The second kappa shape index (κ2) is 7.11. The first kappa shape index (κ1) is 15.4. The first-order chi connectivity index (χ1) is 9.58. The molecule has 5 heteroatoms. The summed E-state index contributed by atoms with van der Waals surface area (Å²) < 4.78 is 26.3. The fourth-order valence-corrected chi connectivity index (χ4v) is 2.61. The predicted molar refractivity (Wildman–Crippen MR) is 76.5 cm³/mol. The molecule has 2 N–H and O–H groups in total. The number of benzene rings is 1. The van der Waals surface area contributed by atoms with Crippen LogP contribution in [-0.2, 0) is 0 Å². The quantitative estimate of drug-likeness (QED) is 0.897. The molecule has 1 saturated heterocycles. The largest absolute Gasteiger partial charge is 0.324 e. The van der Waals surface area contributed by atoms with Gasteiger partial charge in [-0.3, -0.25) is 0 Å². The van der Waals surface area contributed by atoms with Gasteiger partial charge in [-0.1, -0.05) is 6.92 Å². The molecule has 1 aliphatic rings. The van der Waals surface area contributed by atoms with Crippen LogP contribution < -0.4 is 5.73 Å². The lowest BCUT2D eigenvalue weighted by atomic mass is 10.0. The molecule has 0 amide bonds. The van der Waals surface area contributed by atoms with E-state index in [9.17, 15) is 8.78 Å². The van der Waals surface area contributed by atoms with Crippen LogP contribution in [0.2, 0.25) is 0 Å². The lowest BCUT2D eigenvalue weighted by molar-refractivity contribution is 0.134. The lowest BCUT2D eigenvalue weighted by Gasteiger charge is -2.34. The molecule has 1 heterocycles. The maximum absolute atomic E-state index is 13.2. The van der Waals surface area contributed by atoms with Gasteiger partial charge < -0.3 is 15.5 Å². The Bertz CT molecular complexity index is 411. The van der Waals surface area contributed by atoms with Crippen molar-refractivity contribution in [3.05, 3.63) is 35.4 Å². The molecule has 0 radical (unpaired) electrons. The molecule has 1 aromatic rings. The van der Waals surface area contributed by atoms with Crippen LogP contribution in [0.25, 0.3) is 0 Å². The minimum Gasteiger partial charge on any atom is -0.324 e. The van der Waals surface area contributed by atoms with Crippen molar-refractivity contribution in [1.82, 2.24) is 9.80 Å². The van der Waals surface area contributed by atoms with E-state index in [-0.39, 0.29) is 6.04 Å². The van der Waals surface area contributed by atoms with Gasteiger partial charge in [0, 0.05) is 44.8 Å². The van der Waals surface area contributed by atoms with Crippen molar-refractivity contribution >= 4 is 0 Å². The third-order valence-corrected chi connectivity index (χ3v) is 3.98. The zero-order valence-corrected chi connectivity index (χ0v) is 12.0. The normalized spacial score (nSPS) is 19.2. The highest BCUT2D eigenvalue weighted by Gasteiger charge is 2.17. The van der Waals surface area contributed by atoms with Crippen molar-refractivity contribution in [3.8, 4) is 0 Å². The smallest absolute Gasteiger partial charge is 0.126 e. The van der Waals surface area contributed by atoms with Gasteiger partial charge in [0.1, 0.15) is 11.6 Å². The Hall–Kier alpha value is -1.04. The molecule has 1 aliphatic heterocycles. The fraction of sp³-hybridized carbons (Fsp3) is 0.600. The van der Waals surface area contributed by atoms with Gasteiger partial charge in [-0.25, -0.2) is 8.78 Å². The summed E-state index contributed by atoms with van der Waals surface area (Å²) in [4.78, 5) is 4.78. The summed E-state index contributed by atoms with van der Waals surface area (Å²) in [5.74, 6) is -1.13. The number of rotatable bonds is 5. The highest BCUT2D eigenvalue weighted by Crippen LogP contribution is 2.18. The maximum Gasteiger partial charge on any atom is 0.126 e. The number of nitrogens with two attached hydrogens (primary N) is 1. The van der Waals surface area contributed by atoms with Crippen molar-refractivity contribution in [1.29, 1.82) is 0 Å². The van der Waals surface area contributed by atoms with Gasteiger partial charge in [0.15, 0.2) is 0 Å². The van der Waals surface area contributed by atoms with Gasteiger partial charge in [-0.05, 0) is 30.7 Å². The van der Waals surface area contributed by atoms with Gasteiger partial charge in [0.05, 0.1) is 0 Å². The lowest BCUT2D eigenvalue weighted by Crippen LogP contribution is -2.46. The highest BCUT2D eigenvalue weighted by atomic mass is 19.1. The molecule has 20 heavy (non-hydrogen) atoms. The Morgan fingerprint density at radius 2 is 1.60 bits per heavy atom. The van der Waals surface area contributed by atoms with Crippen LogP contribution in [0, 0.1) is 11.6 Å². The molecule has 0 aromatic heterocycles. The number of nitrogens with zero attached hydrogens (tertiary/aromatic N) is 2. The minimum absolute atomic E-state index is 0.315. The summed E-state index contributed by atoms with van der Waals surface area (Å²) in [6.07, 6.45) is 0.717. The van der Waals surface area contributed by atoms with Crippen LogP contribution in [0.1, 0.15) is 24.9 Å². The van der Waals surface area contributed by atoms with Crippen LogP contribution in [-0.4, -0.2) is 49.1 Å². The van der Waals surface area contributed by atoms with E-state index >= 15 is 0 Å². The van der Waals surface area contributed by atoms with Gasteiger partial charge in [-0.2, -0.15) is 0 Å². The molecule has 1 unspecified atom stereocenters. The molecule has 0 aliphatic carbocycles. The third kappa shape index (κ3) is 4.23. The predicted octanol–water partition coefficient (Wildman–Crippen LogP) is 1.99. The van der Waals surface area contributed by atoms with E-state index < -0.39 is 11.6 Å². The van der Waals surface area contributed by atoms with Gasteiger partial charge in [0.2, 0.25) is 0 Å². The summed E-state index contributed by atoms with van der Waals surface area (Å²) in [6, 6.07) is 3.20. The Kier molecular flexibility index (Phi) is 5.46. The zero-order valence-electron chi connectivity index (χ0n) is 12.0. The van der Waals surface area contributed by atoms with Crippen LogP contribution >= 0.6 is 0 Å². The molecule has 0 saturated carbocycles. The van der Waals surface area contributed by atoms with E-state index in [1.54, 1.807) is 0 Å². The van der Waals surface area contributed by atoms with E-state index in [2.05, 4.69) is 16.7 Å². The van der Waals surface area contributed by atoms with Crippen LogP contribution in [0.15, 0.2) is 18.2 Å². The summed E-state index contributed by atoms with van der Waals surface area (Å²) >= 11 is 0. The van der Waals surface area contributed by atoms with Gasteiger partial charge >= 0.3 is 0 Å². The molecule has 3 nitrogen and oxygen atoms in total. The van der Waals surface area contributed by atoms with E-state index in [1.807, 2.05) is 0 Å². The van der Waals surface area contributed by atoms with Crippen molar-refractivity contribution < 1.29 is 8.78 Å². The van der Waals surface area contributed by atoms with Gasteiger partial charge in [0.25, 0.3) is 0 Å². The van der Waals surface area contributed by atoms with Crippen molar-refractivity contribution in [2.75, 3.05) is 39.3 Å². The third-order valence-electron chi connectivity index (χ3n) is 3.98. The Morgan fingerprint density at radius 1 is 1.05 bits per heavy atom. The van der Waals surface area contributed by atoms with Crippen LogP contribution in [0.3, 0.4) is 0 Å². The first-order valence-electron chi connectivity index (χ1n) is 7.24. The zero-order chi connectivity index (χ0) is 14.5. The summed E-state index contributed by atoms with van der Waals surface area (Å²) in [6.45, 7) is 8.38. The Morgan fingerprint density at radius 3 is 2.15 bits per heavy atom. The van der Waals surface area contributed by atoms with Crippen LogP contribution in [0.5, 0.6) is 0 Å². The molecular formula is C15H23F2N3. The number of halogens is 2. The minimum atomic E-state index is -0.563. The van der Waals surface area contributed by atoms with E-state index in [4.69, 9.17) is 5.73 Å². The molecule has 1 atom stereocenters. The Balaban J connectivity index is 1.81. The average molecular weight is 283 g/mol. The topological polar surface area (TPSA) is 32.5 Å². The van der Waals surface area contributed by atoms with Crippen molar-refractivity contribution in [2.45, 2.75) is 19.4 Å². The molecule has 112 valence electrons. The molecule has 0 spiro atoms. The molecule has 1 aromatic carbocycles. The molecule has 2 rings (SSSR count). The summed E-state index contributed by atoms with van der Waals surface area (Å²) in [5, 5.41) is 0. The van der Waals surface area contributed by atoms with Crippen molar-refractivity contribution in [3.63, 3.8) is 0 Å². The van der Waals surface area contributed by atoms with Gasteiger partial charge in [-0.15, -0.1) is 0 Å². The fourth-order valence-electron chi connectivity index (χ4n) is 2.61. The number of hydrogen-bond acceptors (Lipinski definition) is 3. The average Bonchev–Trinajstić information content (AvgIpc) is 2.44. The molecular weight excluding hydrogens is 260 g/mol. The monoisotopic (exact) mass is 283 g/mol. The van der Waals surface area contributed by atoms with E-state index in [1.165, 1.54) is 12.1 Å². The molecule has 0 bridgehead atoms. The summed E-state index contributed by atoms with van der Waals surface area (Å²) in [7, 11) is 0. The Labute approximate surface area is 119 Å².